The lowest BCUT2D eigenvalue weighted by Crippen LogP contribution is -2.48. The van der Waals surface area contributed by atoms with Crippen LogP contribution in [0.25, 0.3) is 0 Å². The lowest BCUT2D eigenvalue weighted by molar-refractivity contribution is -0.123. The zero-order chi connectivity index (χ0) is 24.5. The topological polar surface area (TPSA) is 73.9 Å². The van der Waals surface area contributed by atoms with Crippen LogP contribution >= 0.6 is 0 Å². The van der Waals surface area contributed by atoms with E-state index in [0.29, 0.717) is 18.5 Å². The number of nitrogens with zero attached hydrogens (tertiary/aromatic N) is 2. The van der Waals surface area contributed by atoms with Crippen LogP contribution in [0.5, 0.6) is 0 Å². The van der Waals surface area contributed by atoms with Crippen LogP contribution < -0.4 is 10.6 Å². The fourth-order valence-corrected chi connectivity index (χ4v) is 5.06. The van der Waals surface area contributed by atoms with E-state index in [2.05, 4.69) is 27.5 Å². The van der Waals surface area contributed by atoms with Crippen LogP contribution in [-0.4, -0.2) is 67.6 Å². The van der Waals surface area contributed by atoms with Gasteiger partial charge in [0.05, 0.1) is 0 Å². The molecule has 2 N–H and O–H groups in total. The number of hydrogen-bond donors (Lipinski definition) is 2. The van der Waals surface area contributed by atoms with Crippen LogP contribution in [0.3, 0.4) is 0 Å². The largest absolute Gasteiger partial charge is 0.445 e. The van der Waals surface area contributed by atoms with Gasteiger partial charge in [0, 0.05) is 12.6 Å². The van der Waals surface area contributed by atoms with Crippen LogP contribution in [0.1, 0.15) is 42.9 Å². The van der Waals surface area contributed by atoms with Crippen molar-refractivity contribution in [3.8, 4) is 0 Å². The molecule has 2 aliphatic heterocycles. The third-order valence-corrected chi connectivity index (χ3v) is 7.29. The summed E-state index contributed by atoms with van der Waals surface area (Å²) in [6.45, 7) is 5.35. The predicted octanol–water partition coefficient (Wildman–Crippen LogP) is 3.58. The molecule has 2 aromatic rings. The molecule has 35 heavy (non-hydrogen) atoms. The number of nitrogens with one attached hydrogen (secondary N) is 2. The summed E-state index contributed by atoms with van der Waals surface area (Å²) in [6, 6.07) is 18.7. The number of benzene rings is 2. The molecule has 0 bridgehead atoms. The molecule has 2 aromatic carbocycles. The number of carbonyl (C=O) groups is 2. The molecule has 0 spiro atoms. The zero-order valence-electron chi connectivity index (χ0n) is 20.7. The Bertz CT molecular complexity index is 924. The highest BCUT2D eigenvalue weighted by Gasteiger charge is 2.29. The molecule has 2 amide bonds. The highest BCUT2D eigenvalue weighted by Crippen LogP contribution is 2.23. The maximum absolute atomic E-state index is 13.1. The Morgan fingerprint density at radius 3 is 2.20 bits per heavy atom. The molecule has 188 valence electrons. The van der Waals surface area contributed by atoms with Gasteiger partial charge in [0.25, 0.3) is 0 Å². The Kier molecular flexibility index (Phi) is 9.15. The fraction of sp³-hybridized carbons (Fsp3) is 0.500. The lowest BCUT2D eigenvalue weighted by atomic mass is 9.93. The first-order valence-electron chi connectivity index (χ1n) is 12.8. The summed E-state index contributed by atoms with van der Waals surface area (Å²) in [5, 5.41) is 5.86. The molecule has 7 heteroatoms. The third kappa shape index (κ3) is 7.54. The maximum Gasteiger partial charge on any atom is 0.408 e. The minimum Gasteiger partial charge on any atom is -0.445 e. The zero-order valence-corrected chi connectivity index (χ0v) is 20.7. The Balaban J connectivity index is 1.26. The molecule has 0 saturated carbocycles. The van der Waals surface area contributed by atoms with Crippen molar-refractivity contribution in [2.75, 3.05) is 39.8 Å². The van der Waals surface area contributed by atoms with Gasteiger partial charge in [0.15, 0.2) is 0 Å². The summed E-state index contributed by atoms with van der Waals surface area (Å²) < 4.78 is 5.36. The highest BCUT2D eigenvalue weighted by atomic mass is 16.5. The molecule has 2 saturated heterocycles. The van der Waals surface area contributed by atoms with Gasteiger partial charge in [-0.1, -0.05) is 60.7 Å². The standard InChI is InChI=1S/C28H38N4O3/c1-31-16-14-25(15-17-31)32-18-12-22(13-19-32)20-29-27(33)26(24-10-6-3-7-11-24)30-28(34)35-21-23-8-4-2-5-9-23/h2-11,22,25-26H,12-21H2,1H3,(H,29,33)(H,30,34)/t26-/m1/s1. The van der Waals surface area contributed by atoms with Crippen molar-refractivity contribution in [1.82, 2.24) is 20.4 Å². The minimum absolute atomic E-state index is 0.158. The molecule has 0 radical (unpaired) electrons. The van der Waals surface area contributed by atoms with Crippen molar-refractivity contribution in [2.24, 2.45) is 5.92 Å². The molecule has 0 aliphatic carbocycles. The molecule has 2 heterocycles. The molecular weight excluding hydrogens is 440 g/mol. The summed E-state index contributed by atoms with van der Waals surface area (Å²) in [4.78, 5) is 30.7. The SMILES string of the molecule is CN1CCC(N2CCC(CNC(=O)[C@H](NC(=O)OCc3ccccc3)c3ccccc3)CC2)CC1. The average Bonchev–Trinajstić information content (AvgIpc) is 2.91. The average molecular weight is 479 g/mol. The van der Waals surface area contributed by atoms with Crippen LogP contribution in [0.15, 0.2) is 60.7 Å². The van der Waals surface area contributed by atoms with E-state index in [4.69, 9.17) is 4.74 Å². The van der Waals surface area contributed by atoms with Gasteiger partial charge in [-0.2, -0.15) is 0 Å². The second kappa shape index (κ2) is 12.7. The van der Waals surface area contributed by atoms with Gasteiger partial charge in [-0.05, 0) is 76.0 Å². The molecular formula is C28H38N4O3. The summed E-state index contributed by atoms with van der Waals surface area (Å²) in [5.74, 6) is 0.258. The van der Waals surface area contributed by atoms with E-state index in [1.807, 2.05) is 60.7 Å². The summed E-state index contributed by atoms with van der Waals surface area (Å²) in [6.07, 6.45) is 4.08. The first kappa shape index (κ1) is 25.2. The number of carbonyl (C=O) groups excluding carboxylic acids is 2. The monoisotopic (exact) mass is 478 g/mol. The first-order chi connectivity index (χ1) is 17.1. The van der Waals surface area contributed by atoms with E-state index in [-0.39, 0.29) is 12.5 Å². The second-order valence-electron chi connectivity index (χ2n) is 9.81. The van der Waals surface area contributed by atoms with Gasteiger partial charge in [-0.25, -0.2) is 4.79 Å². The molecule has 2 aliphatic rings. The van der Waals surface area contributed by atoms with Crippen LogP contribution in [0, 0.1) is 5.92 Å². The van der Waals surface area contributed by atoms with Crippen LogP contribution in [0.2, 0.25) is 0 Å². The van der Waals surface area contributed by atoms with Gasteiger partial charge >= 0.3 is 6.09 Å². The Morgan fingerprint density at radius 2 is 1.54 bits per heavy atom. The summed E-state index contributed by atoms with van der Waals surface area (Å²) >= 11 is 0. The van der Waals surface area contributed by atoms with Crippen LogP contribution in [0.4, 0.5) is 4.79 Å². The minimum atomic E-state index is -0.793. The molecule has 7 nitrogen and oxygen atoms in total. The first-order valence-corrected chi connectivity index (χ1v) is 12.8. The quantitative estimate of drug-likeness (QED) is 0.607. The molecule has 4 rings (SSSR count). The predicted molar refractivity (Wildman–Crippen MR) is 137 cm³/mol. The van der Waals surface area contributed by atoms with Crippen molar-refractivity contribution >= 4 is 12.0 Å². The van der Waals surface area contributed by atoms with Crippen LogP contribution in [-0.2, 0) is 16.1 Å². The fourth-order valence-electron chi connectivity index (χ4n) is 5.06. The van der Waals surface area contributed by atoms with E-state index < -0.39 is 12.1 Å². The summed E-state index contributed by atoms with van der Waals surface area (Å²) in [5.41, 5.74) is 1.63. The van der Waals surface area contributed by atoms with Gasteiger partial charge < -0.3 is 25.2 Å². The van der Waals surface area contributed by atoms with Crippen molar-refractivity contribution in [3.05, 3.63) is 71.8 Å². The number of rotatable bonds is 8. The van der Waals surface area contributed by atoms with E-state index >= 15 is 0 Å². The Labute approximate surface area is 208 Å². The number of piperidine rings is 2. The van der Waals surface area contributed by atoms with Gasteiger partial charge in [0.2, 0.25) is 5.91 Å². The van der Waals surface area contributed by atoms with Gasteiger partial charge in [-0.15, -0.1) is 0 Å². The van der Waals surface area contributed by atoms with E-state index in [1.54, 1.807) is 0 Å². The van der Waals surface area contributed by atoms with Crippen molar-refractivity contribution in [3.63, 3.8) is 0 Å². The molecule has 1 atom stereocenters. The Morgan fingerprint density at radius 1 is 0.914 bits per heavy atom. The number of amides is 2. The van der Waals surface area contributed by atoms with E-state index in [0.717, 1.165) is 37.1 Å². The smallest absolute Gasteiger partial charge is 0.408 e. The Hall–Kier alpha value is -2.90. The number of likely N-dealkylation sites (tertiary alicyclic amines) is 2. The molecule has 2 fully saturated rings. The van der Waals surface area contributed by atoms with E-state index in [1.165, 1.54) is 25.9 Å². The number of ether oxygens (including phenoxy) is 1. The number of hydrogen-bond acceptors (Lipinski definition) is 5. The van der Waals surface area contributed by atoms with E-state index in [9.17, 15) is 9.59 Å². The highest BCUT2D eigenvalue weighted by molar-refractivity contribution is 5.86. The van der Waals surface area contributed by atoms with Gasteiger partial charge in [-0.3, -0.25) is 4.79 Å². The normalized spacial score (nSPS) is 19.1. The van der Waals surface area contributed by atoms with Crippen molar-refractivity contribution in [1.29, 1.82) is 0 Å². The maximum atomic E-state index is 13.1. The third-order valence-electron chi connectivity index (χ3n) is 7.29. The number of alkyl carbamates (subject to hydrolysis) is 1. The van der Waals surface area contributed by atoms with Crippen molar-refractivity contribution < 1.29 is 14.3 Å². The molecule has 0 unspecified atom stereocenters. The summed E-state index contributed by atoms with van der Waals surface area (Å²) in [7, 11) is 2.20. The van der Waals surface area contributed by atoms with Crippen molar-refractivity contribution in [2.45, 2.75) is 44.4 Å². The van der Waals surface area contributed by atoms with Gasteiger partial charge in [0.1, 0.15) is 12.6 Å². The lowest BCUT2D eigenvalue weighted by Gasteiger charge is -2.41. The molecule has 0 aromatic heterocycles. The second-order valence-corrected chi connectivity index (χ2v) is 9.81.